The highest BCUT2D eigenvalue weighted by Crippen LogP contribution is 2.47. The number of rotatable bonds is 6. The molecule has 0 atom stereocenters. The van der Waals surface area contributed by atoms with Gasteiger partial charge >= 0.3 is 30.0 Å². The molecular weight excluding hydrogens is 287 g/mol. The van der Waals surface area contributed by atoms with Crippen molar-refractivity contribution >= 4 is 0 Å². The zero-order valence-electron chi connectivity index (χ0n) is 8.43. The van der Waals surface area contributed by atoms with Crippen LogP contribution in [0.3, 0.4) is 0 Å². The summed E-state index contributed by atoms with van der Waals surface area (Å²) in [6.45, 7) is -2.15. The van der Waals surface area contributed by atoms with Crippen LogP contribution in [-0.4, -0.2) is 31.7 Å². The molecule has 0 aliphatic rings. The van der Waals surface area contributed by atoms with Gasteiger partial charge in [-0.15, -0.1) is 0 Å². The van der Waals surface area contributed by atoms with Crippen LogP contribution in [-0.2, 0) is 9.47 Å². The molecule has 0 N–H and O–H groups in total. The summed E-state index contributed by atoms with van der Waals surface area (Å²) >= 11 is 0. The van der Waals surface area contributed by atoms with Gasteiger partial charge in [-0.05, 0) is 0 Å². The molecule has 0 aromatic carbocycles. The Morgan fingerprint density at radius 2 is 1.39 bits per heavy atom. The Kier molecular flexibility index (Phi) is 4.91. The van der Waals surface area contributed by atoms with Crippen LogP contribution in [0.1, 0.15) is 0 Å². The molecule has 0 saturated carbocycles. The van der Waals surface area contributed by atoms with E-state index in [0.717, 1.165) is 0 Å². The lowest BCUT2D eigenvalue weighted by atomic mass is 10.1. The van der Waals surface area contributed by atoms with Crippen LogP contribution in [0.25, 0.3) is 0 Å². The van der Waals surface area contributed by atoms with Crippen LogP contribution in [0.15, 0.2) is 12.1 Å². The Morgan fingerprint density at radius 1 is 0.944 bits per heavy atom. The van der Waals surface area contributed by atoms with Crippen molar-refractivity contribution in [3.8, 4) is 0 Å². The molecule has 2 nitrogen and oxygen atoms in total. The molecule has 0 amide bonds. The molecule has 0 heterocycles. The molecule has 18 heavy (non-hydrogen) atoms. The molecule has 0 bridgehead atoms. The van der Waals surface area contributed by atoms with Crippen molar-refractivity contribution in [2.75, 3.05) is 13.7 Å². The van der Waals surface area contributed by atoms with Gasteiger partial charge in [0.15, 0.2) is 0 Å². The maximum Gasteiger partial charge on any atom is 0.472 e. The zero-order chi connectivity index (χ0) is 14.8. The Morgan fingerprint density at radius 3 is 1.72 bits per heavy atom. The van der Waals surface area contributed by atoms with E-state index >= 15 is 0 Å². The van der Waals surface area contributed by atoms with Crippen LogP contribution in [0.4, 0.5) is 39.5 Å². The number of methoxy groups -OCH3 is 1. The fourth-order valence-electron chi connectivity index (χ4n) is 0.700. The summed E-state index contributed by atoms with van der Waals surface area (Å²) in [6.07, 6.45) is -9.69. The quantitative estimate of drug-likeness (QED) is 0.550. The van der Waals surface area contributed by atoms with Crippen LogP contribution in [0.2, 0.25) is 0 Å². The zero-order valence-corrected chi connectivity index (χ0v) is 8.43. The molecular formula is C7H5F9O2. The Labute approximate surface area is 94.0 Å². The minimum Gasteiger partial charge on any atom is -0.397 e. The number of ether oxygens (including phenoxy) is 2. The Balaban J connectivity index is 5.26. The fourth-order valence-corrected chi connectivity index (χ4v) is 0.700. The Bertz CT molecular complexity index is 321. The molecule has 0 saturated heterocycles. The SMILES string of the molecule is COCC(F)(F)C(F)(F)C(F)(F)OC(F)=C(F)F. The van der Waals surface area contributed by atoms with E-state index in [1.807, 2.05) is 0 Å². The maximum absolute atomic E-state index is 12.7. The predicted octanol–water partition coefficient (Wildman–Crippen LogP) is 3.55. The van der Waals surface area contributed by atoms with Crippen molar-refractivity contribution in [3.63, 3.8) is 0 Å². The third kappa shape index (κ3) is 3.21. The molecule has 0 spiro atoms. The summed E-state index contributed by atoms with van der Waals surface area (Å²) in [6, 6.07) is -3.38. The summed E-state index contributed by atoms with van der Waals surface area (Å²) < 4.78 is 116. The molecule has 0 rings (SSSR count). The largest absolute Gasteiger partial charge is 0.472 e. The molecule has 0 aliphatic heterocycles. The smallest absolute Gasteiger partial charge is 0.397 e. The highest BCUT2D eigenvalue weighted by Gasteiger charge is 2.74. The summed E-state index contributed by atoms with van der Waals surface area (Å²) in [5.74, 6) is -11.7. The van der Waals surface area contributed by atoms with E-state index in [4.69, 9.17) is 0 Å². The third-order valence-electron chi connectivity index (χ3n) is 1.52. The van der Waals surface area contributed by atoms with Gasteiger partial charge in [0.05, 0.1) is 0 Å². The van der Waals surface area contributed by atoms with Gasteiger partial charge in [0, 0.05) is 7.11 Å². The van der Waals surface area contributed by atoms with Crippen molar-refractivity contribution in [1.29, 1.82) is 0 Å². The molecule has 0 fully saturated rings. The second-order valence-corrected chi connectivity index (χ2v) is 2.86. The lowest BCUT2D eigenvalue weighted by Gasteiger charge is -2.30. The molecule has 0 unspecified atom stereocenters. The normalized spacial score (nSPS) is 13.4. The van der Waals surface area contributed by atoms with Crippen molar-refractivity contribution in [2.45, 2.75) is 18.0 Å². The number of halogens is 9. The van der Waals surface area contributed by atoms with Crippen LogP contribution < -0.4 is 0 Å². The van der Waals surface area contributed by atoms with Gasteiger partial charge < -0.3 is 9.47 Å². The fraction of sp³-hybridized carbons (Fsp3) is 0.714. The average Bonchev–Trinajstić information content (AvgIpc) is 2.15. The van der Waals surface area contributed by atoms with E-state index in [9.17, 15) is 39.5 Å². The standard InChI is InChI=1S/C7H5F9O2/c1-17-2-5(11,12)6(13,14)7(15,16)18-4(10)3(8)9/h2H2,1H3. The van der Waals surface area contributed by atoms with Crippen LogP contribution in [0.5, 0.6) is 0 Å². The molecule has 0 aliphatic carbocycles. The lowest BCUT2D eigenvalue weighted by Crippen LogP contribution is -2.57. The van der Waals surface area contributed by atoms with Gasteiger partial charge in [0.2, 0.25) is 0 Å². The van der Waals surface area contributed by atoms with Crippen molar-refractivity contribution in [1.82, 2.24) is 0 Å². The molecule has 108 valence electrons. The molecule has 0 aromatic heterocycles. The number of hydrogen-bond acceptors (Lipinski definition) is 2. The molecule has 0 radical (unpaired) electrons. The van der Waals surface area contributed by atoms with E-state index < -0.39 is 36.7 Å². The second kappa shape index (κ2) is 5.24. The van der Waals surface area contributed by atoms with Gasteiger partial charge in [-0.25, -0.2) is 0 Å². The van der Waals surface area contributed by atoms with E-state index in [0.29, 0.717) is 7.11 Å². The van der Waals surface area contributed by atoms with E-state index in [2.05, 4.69) is 9.47 Å². The number of hydrogen-bond donors (Lipinski definition) is 0. The van der Waals surface area contributed by atoms with Gasteiger partial charge in [0.1, 0.15) is 6.61 Å². The summed E-state index contributed by atoms with van der Waals surface area (Å²) in [5, 5.41) is 0. The minimum absolute atomic E-state index is 0.505. The predicted molar refractivity (Wildman–Crippen MR) is 38.2 cm³/mol. The average molecular weight is 292 g/mol. The van der Waals surface area contributed by atoms with Crippen LogP contribution in [0, 0.1) is 0 Å². The van der Waals surface area contributed by atoms with E-state index in [1.165, 1.54) is 0 Å². The second-order valence-electron chi connectivity index (χ2n) is 2.86. The maximum atomic E-state index is 12.7. The topological polar surface area (TPSA) is 18.5 Å². The van der Waals surface area contributed by atoms with Crippen LogP contribution >= 0.6 is 0 Å². The molecule has 0 aromatic rings. The van der Waals surface area contributed by atoms with Gasteiger partial charge in [-0.1, -0.05) is 0 Å². The van der Waals surface area contributed by atoms with Crippen molar-refractivity contribution in [2.24, 2.45) is 0 Å². The number of alkyl halides is 6. The summed E-state index contributed by atoms with van der Waals surface area (Å²) in [5.41, 5.74) is 0. The monoisotopic (exact) mass is 292 g/mol. The van der Waals surface area contributed by atoms with Gasteiger partial charge in [0.25, 0.3) is 0 Å². The highest BCUT2D eigenvalue weighted by atomic mass is 19.4. The third-order valence-corrected chi connectivity index (χ3v) is 1.52. The minimum atomic E-state index is -6.26. The van der Waals surface area contributed by atoms with E-state index in [-0.39, 0.29) is 0 Å². The highest BCUT2D eigenvalue weighted by molar-refractivity contribution is 4.94. The first-order valence-electron chi connectivity index (χ1n) is 3.91. The summed E-state index contributed by atoms with van der Waals surface area (Å²) in [4.78, 5) is 0. The lowest BCUT2D eigenvalue weighted by molar-refractivity contribution is -0.397. The first-order chi connectivity index (χ1) is 7.89. The first kappa shape index (κ1) is 16.9. The van der Waals surface area contributed by atoms with Gasteiger partial charge in [-0.3, -0.25) is 0 Å². The van der Waals surface area contributed by atoms with Gasteiger partial charge in [-0.2, -0.15) is 39.5 Å². The van der Waals surface area contributed by atoms with Crippen molar-refractivity contribution in [3.05, 3.63) is 12.1 Å². The summed E-state index contributed by atoms with van der Waals surface area (Å²) in [7, 11) is 0.505. The van der Waals surface area contributed by atoms with Crippen molar-refractivity contribution < 1.29 is 49.0 Å². The van der Waals surface area contributed by atoms with E-state index in [1.54, 1.807) is 0 Å². The Hall–Kier alpha value is -1.13. The molecule has 11 heteroatoms. The first-order valence-corrected chi connectivity index (χ1v) is 3.91.